The molecule has 0 spiro atoms. The number of nitrogens with zero attached hydrogens (tertiary/aromatic N) is 1. The maximum atomic E-state index is 6.02. The van der Waals surface area contributed by atoms with Crippen molar-refractivity contribution in [2.45, 2.75) is 19.6 Å². The maximum Gasteiger partial charge on any atom is 0.161 e. The number of benzene rings is 2. The Morgan fingerprint density at radius 3 is 2.39 bits per heavy atom. The molecule has 0 unspecified atom stereocenters. The number of ether oxygens (including phenoxy) is 2. The molecule has 0 bridgehead atoms. The first-order valence-corrected chi connectivity index (χ1v) is 9.32. The van der Waals surface area contributed by atoms with Crippen LogP contribution in [0.4, 0.5) is 0 Å². The predicted octanol–water partition coefficient (Wildman–Crippen LogP) is 4.64. The van der Waals surface area contributed by atoms with Crippen LogP contribution in [-0.4, -0.2) is 37.7 Å². The molecule has 1 aliphatic rings. The standard InChI is InChI=1S/C22H28N2O2.2ClH/c1-3-20(24-14-12-23-13-15-24)19-10-11-21(22(16-19)25-4-2)26-17-18-8-6-5-7-9-18;;/h3,5-11,16,20,23H,1,4,12-15,17H2,2H3;2*1H/t20-;;/m1../s1. The van der Waals surface area contributed by atoms with Gasteiger partial charge in [0.15, 0.2) is 11.5 Å². The van der Waals surface area contributed by atoms with E-state index in [-0.39, 0.29) is 30.9 Å². The highest BCUT2D eigenvalue weighted by Crippen LogP contribution is 2.33. The molecule has 0 saturated carbocycles. The fraction of sp³-hybridized carbons (Fsp3) is 0.364. The zero-order valence-corrected chi connectivity index (χ0v) is 17.9. The summed E-state index contributed by atoms with van der Waals surface area (Å²) < 4.78 is 11.9. The molecule has 1 N–H and O–H groups in total. The minimum atomic E-state index is 0. The molecule has 0 radical (unpaired) electrons. The largest absolute Gasteiger partial charge is 0.490 e. The summed E-state index contributed by atoms with van der Waals surface area (Å²) in [5, 5.41) is 3.40. The number of piperazine rings is 1. The molecule has 0 aromatic heterocycles. The first-order valence-electron chi connectivity index (χ1n) is 9.32. The molecule has 2 aromatic rings. The van der Waals surface area contributed by atoms with Crippen molar-refractivity contribution in [1.82, 2.24) is 10.2 Å². The normalized spacial score (nSPS) is 14.9. The second-order valence-electron chi connectivity index (χ2n) is 6.38. The van der Waals surface area contributed by atoms with E-state index in [0.717, 1.165) is 43.2 Å². The fourth-order valence-electron chi connectivity index (χ4n) is 3.29. The first kappa shape index (κ1) is 24.3. The molecule has 2 aromatic carbocycles. The Labute approximate surface area is 180 Å². The number of halogens is 2. The zero-order chi connectivity index (χ0) is 18.2. The summed E-state index contributed by atoms with van der Waals surface area (Å²) in [6.07, 6.45) is 2.01. The highest BCUT2D eigenvalue weighted by molar-refractivity contribution is 5.85. The van der Waals surface area contributed by atoms with Crippen LogP contribution in [0.5, 0.6) is 11.5 Å². The first-order chi connectivity index (χ1) is 12.8. The topological polar surface area (TPSA) is 33.7 Å². The SMILES string of the molecule is C=C[C@H](c1ccc(OCc2ccccc2)c(OCC)c1)N1CCNCC1.Cl.Cl. The minimum Gasteiger partial charge on any atom is -0.490 e. The lowest BCUT2D eigenvalue weighted by molar-refractivity contribution is 0.202. The maximum absolute atomic E-state index is 6.02. The highest BCUT2D eigenvalue weighted by Gasteiger charge is 2.20. The third-order valence-corrected chi connectivity index (χ3v) is 4.61. The smallest absolute Gasteiger partial charge is 0.161 e. The predicted molar refractivity (Wildman–Crippen MR) is 120 cm³/mol. The van der Waals surface area contributed by atoms with E-state index in [1.165, 1.54) is 5.56 Å². The van der Waals surface area contributed by atoms with Crippen molar-refractivity contribution in [2.24, 2.45) is 0 Å². The molecule has 6 heteroatoms. The van der Waals surface area contributed by atoms with Crippen molar-refractivity contribution >= 4 is 24.8 Å². The molecule has 1 aliphatic heterocycles. The Morgan fingerprint density at radius 2 is 1.75 bits per heavy atom. The monoisotopic (exact) mass is 424 g/mol. The third kappa shape index (κ3) is 6.42. The van der Waals surface area contributed by atoms with Gasteiger partial charge in [-0.25, -0.2) is 0 Å². The second-order valence-corrected chi connectivity index (χ2v) is 6.38. The van der Waals surface area contributed by atoms with Crippen LogP contribution in [0, 0.1) is 0 Å². The number of hydrogen-bond donors (Lipinski definition) is 1. The quantitative estimate of drug-likeness (QED) is 0.625. The molecular formula is C22H30Cl2N2O2. The highest BCUT2D eigenvalue weighted by atomic mass is 35.5. The summed E-state index contributed by atoms with van der Waals surface area (Å²) in [7, 11) is 0. The van der Waals surface area contributed by atoms with Gasteiger partial charge in [-0.1, -0.05) is 42.5 Å². The Morgan fingerprint density at radius 1 is 1.04 bits per heavy atom. The van der Waals surface area contributed by atoms with Gasteiger partial charge in [-0.15, -0.1) is 31.4 Å². The van der Waals surface area contributed by atoms with Crippen molar-refractivity contribution in [3.05, 3.63) is 72.3 Å². The van der Waals surface area contributed by atoms with E-state index in [2.05, 4.69) is 41.1 Å². The molecule has 0 amide bonds. The number of rotatable bonds is 8. The zero-order valence-electron chi connectivity index (χ0n) is 16.3. The summed E-state index contributed by atoms with van der Waals surface area (Å²) in [4.78, 5) is 2.44. The van der Waals surface area contributed by atoms with Gasteiger partial charge in [0.05, 0.1) is 12.6 Å². The average Bonchev–Trinajstić information content (AvgIpc) is 2.70. The van der Waals surface area contributed by atoms with Gasteiger partial charge in [-0.2, -0.15) is 0 Å². The number of nitrogens with one attached hydrogen (secondary N) is 1. The summed E-state index contributed by atoms with van der Waals surface area (Å²) in [6, 6.07) is 16.6. The minimum absolute atomic E-state index is 0. The Bertz CT molecular complexity index is 707. The van der Waals surface area contributed by atoms with Crippen LogP contribution in [-0.2, 0) is 6.61 Å². The van der Waals surface area contributed by atoms with E-state index in [1.54, 1.807) is 0 Å². The van der Waals surface area contributed by atoms with E-state index in [1.807, 2.05) is 37.3 Å². The van der Waals surface area contributed by atoms with Gasteiger partial charge in [0.25, 0.3) is 0 Å². The lowest BCUT2D eigenvalue weighted by Crippen LogP contribution is -2.44. The van der Waals surface area contributed by atoms with Crippen LogP contribution in [0.25, 0.3) is 0 Å². The Balaban J connectivity index is 0.00000196. The van der Waals surface area contributed by atoms with Gasteiger partial charge in [0.2, 0.25) is 0 Å². The van der Waals surface area contributed by atoms with Gasteiger partial charge in [0.1, 0.15) is 6.61 Å². The molecule has 154 valence electrons. The van der Waals surface area contributed by atoms with Gasteiger partial charge in [-0.3, -0.25) is 4.90 Å². The van der Waals surface area contributed by atoms with Gasteiger partial charge < -0.3 is 14.8 Å². The Kier molecular flexibility index (Phi) is 11.0. The summed E-state index contributed by atoms with van der Waals surface area (Å²) >= 11 is 0. The molecule has 4 nitrogen and oxygen atoms in total. The molecule has 1 atom stereocenters. The summed E-state index contributed by atoms with van der Waals surface area (Å²) in [6.45, 7) is 11.3. The van der Waals surface area contributed by atoms with Crippen LogP contribution in [0.1, 0.15) is 24.1 Å². The molecular weight excluding hydrogens is 395 g/mol. The second kappa shape index (κ2) is 12.7. The van der Waals surface area contributed by atoms with Crippen LogP contribution in [0.15, 0.2) is 61.2 Å². The van der Waals surface area contributed by atoms with Crippen LogP contribution in [0.3, 0.4) is 0 Å². The van der Waals surface area contributed by atoms with E-state index in [9.17, 15) is 0 Å². The molecule has 3 rings (SSSR count). The lowest BCUT2D eigenvalue weighted by Gasteiger charge is -2.33. The van der Waals surface area contributed by atoms with Crippen molar-refractivity contribution in [3.8, 4) is 11.5 Å². The number of hydrogen-bond acceptors (Lipinski definition) is 4. The van der Waals surface area contributed by atoms with Gasteiger partial charge >= 0.3 is 0 Å². The van der Waals surface area contributed by atoms with E-state index in [0.29, 0.717) is 13.2 Å². The lowest BCUT2D eigenvalue weighted by atomic mass is 10.0. The van der Waals surface area contributed by atoms with E-state index in [4.69, 9.17) is 9.47 Å². The molecule has 1 heterocycles. The third-order valence-electron chi connectivity index (χ3n) is 4.61. The van der Waals surface area contributed by atoms with Crippen molar-refractivity contribution in [2.75, 3.05) is 32.8 Å². The van der Waals surface area contributed by atoms with Crippen molar-refractivity contribution in [1.29, 1.82) is 0 Å². The molecule has 1 fully saturated rings. The van der Waals surface area contributed by atoms with Gasteiger partial charge in [0, 0.05) is 26.2 Å². The molecule has 0 aliphatic carbocycles. The average molecular weight is 425 g/mol. The van der Waals surface area contributed by atoms with Crippen LogP contribution >= 0.6 is 24.8 Å². The van der Waals surface area contributed by atoms with Crippen LogP contribution in [0.2, 0.25) is 0 Å². The van der Waals surface area contributed by atoms with Gasteiger partial charge in [-0.05, 0) is 30.2 Å². The summed E-state index contributed by atoms with van der Waals surface area (Å²) in [5.41, 5.74) is 2.33. The van der Waals surface area contributed by atoms with E-state index >= 15 is 0 Å². The molecule has 28 heavy (non-hydrogen) atoms. The molecule has 1 saturated heterocycles. The summed E-state index contributed by atoms with van der Waals surface area (Å²) in [5.74, 6) is 1.57. The fourth-order valence-corrected chi connectivity index (χ4v) is 3.29. The van der Waals surface area contributed by atoms with Crippen molar-refractivity contribution in [3.63, 3.8) is 0 Å². The van der Waals surface area contributed by atoms with E-state index < -0.39 is 0 Å². The van der Waals surface area contributed by atoms with Crippen LogP contribution < -0.4 is 14.8 Å². The van der Waals surface area contributed by atoms with Crippen molar-refractivity contribution < 1.29 is 9.47 Å². The Hall–Kier alpha value is -1.72.